The van der Waals surface area contributed by atoms with Crippen molar-refractivity contribution in [3.05, 3.63) is 91.0 Å². The molecular weight excluding hydrogens is 292 g/mol. The van der Waals surface area contributed by atoms with Gasteiger partial charge >= 0.3 is 0 Å². The molecule has 1 nitrogen and oxygen atoms in total. The van der Waals surface area contributed by atoms with E-state index in [1.807, 2.05) is 25.1 Å². The lowest BCUT2D eigenvalue weighted by atomic mass is 9.95. The zero-order valence-corrected chi connectivity index (χ0v) is 14.0. The Morgan fingerprint density at radius 1 is 0.792 bits per heavy atom. The summed E-state index contributed by atoms with van der Waals surface area (Å²) in [4.78, 5) is 0. The highest BCUT2D eigenvalue weighted by Crippen LogP contribution is 2.32. The van der Waals surface area contributed by atoms with Gasteiger partial charge in [-0.3, -0.25) is 0 Å². The highest BCUT2D eigenvalue weighted by atomic mass is 16.5. The lowest BCUT2D eigenvalue weighted by molar-refractivity contribution is 0.337. The van der Waals surface area contributed by atoms with Crippen molar-refractivity contribution in [2.75, 3.05) is 6.61 Å². The first kappa shape index (κ1) is 16.1. The van der Waals surface area contributed by atoms with E-state index >= 15 is 0 Å². The molecule has 3 rings (SSSR count). The third-order valence-electron chi connectivity index (χ3n) is 4.08. The molecule has 0 heterocycles. The summed E-state index contributed by atoms with van der Waals surface area (Å²) in [6.07, 6.45) is 2.73. The number of ether oxygens (including phenoxy) is 1. The topological polar surface area (TPSA) is 9.23 Å². The van der Waals surface area contributed by atoms with Crippen molar-refractivity contribution in [1.29, 1.82) is 0 Å². The first-order valence-corrected chi connectivity index (χ1v) is 8.35. The highest BCUT2D eigenvalue weighted by molar-refractivity contribution is 5.74. The molecule has 0 amide bonds. The molecule has 3 aromatic rings. The maximum absolute atomic E-state index is 5.80. The standard InChI is InChI=1S/C23H22O/c1-3-9-22-21(12-8-13-23(22)24-4-2)20-16-14-19(15-17-20)18-10-6-5-7-11-18/h3,5-8,10-17H,1,4,9H2,2H3. The van der Waals surface area contributed by atoms with Crippen LogP contribution in [0.15, 0.2) is 85.5 Å². The van der Waals surface area contributed by atoms with E-state index in [0.717, 1.165) is 12.2 Å². The molecule has 0 fully saturated rings. The first-order chi connectivity index (χ1) is 11.8. The quantitative estimate of drug-likeness (QED) is 0.496. The van der Waals surface area contributed by atoms with Crippen LogP contribution >= 0.6 is 0 Å². The Morgan fingerprint density at radius 2 is 1.46 bits per heavy atom. The highest BCUT2D eigenvalue weighted by Gasteiger charge is 2.10. The van der Waals surface area contributed by atoms with Crippen molar-refractivity contribution in [1.82, 2.24) is 0 Å². The van der Waals surface area contributed by atoms with Crippen LogP contribution in [-0.2, 0) is 6.42 Å². The second-order valence-electron chi connectivity index (χ2n) is 5.65. The van der Waals surface area contributed by atoms with E-state index in [1.54, 1.807) is 0 Å². The van der Waals surface area contributed by atoms with Crippen LogP contribution in [-0.4, -0.2) is 6.61 Å². The van der Waals surface area contributed by atoms with E-state index in [0.29, 0.717) is 6.61 Å². The van der Waals surface area contributed by atoms with Crippen LogP contribution in [0.2, 0.25) is 0 Å². The van der Waals surface area contributed by atoms with Crippen molar-refractivity contribution in [3.63, 3.8) is 0 Å². The summed E-state index contributed by atoms with van der Waals surface area (Å²) in [6, 6.07) is 25.4. The predicted molar refractivity (Wildman–Crippen MR) is 102 cm³/mol. The molecule has 0 aliphatic carbocycles. The first-order valence-electron chi connectivity index (χ1n) is 8.35. The second kappa shape index (κ2) is 7.65. The van der Waals surface area contributed by atoms with Gasteiger partial charge in [-0.25, -0.2) is 0 Å². The van der Waals surface area contributed by atoms with E-state index in [1.165, 1.54) is 27.8 Å². The van der Waals surface area contributed by atoms with Crippen LogP contribution in [0.4, 0.5) is 0 Å². The van der Waals surface area contributed by atoms with E-state index in [4.69, 9.17) is 4.74 Å². The lowest BCUT2D eigenvalue weighted by Crippen LogP contribution is -1.98. The number of hydrogen-bond donors (Lipinski definition) is 0. The minimum atomic E-state index is 0.667. The molecular formula is C23H22O. The van der Waals surface area contributed by atoms with E-state index in [9.17, 15) is 0 Å². The van der Waals surface area contributed by atoms with Gasteiger partial charge in [0.15, 0.2) is 0 Å². The summed E-state index contributed by atoms with van der Waals surface area (Å²) in [5.41, 5.74) is 6.07. The minimum Gasteiger partial charge on any atom is -0.494 e. The van der Waals surface area contributed by atoms with Crippen molar-refractivity contribution in [2.24, 2.45) is 0 Å². The Bertz CT molecular complexity index is 801. The average Bonchev–Trinajstić information content (AvgIpc) is 2.64. The number of allylic oxidation sites excluding steroid dienone is 1. The SMILES string of the molecule is C=CCc1c(OCC)cccc1-c1ccc(-c2ccccc2)cc1. The Morgan fingerprint density at radius 3 is 2.12 bits per heavy atom. The molecule has 1 heteroatoms. The van der Waals surface area contributed by atoms with Crippen LogP contribution < -0.4 is 4.74 Å². The smallest absolute Gasteiger partial charge is 0.123 e. The Hall–Kier alpha value is -2.80. The zero-order chi connectivity index (χ0) is 16.8. The number of hydrogen-bond acceptors (Lipinski definition) is 1. The maximum Gasteiger partial charge on any atom is 0.123 e. The van der Waals surface area contributed by atoms with Crippen molar-refractivity contribution in [3.8, 4) is 28.0 Å². The molecule has 0 aliphatic rings. The third kappa shape index (κ3) is 3.41. The fourth-order valence-corrected chi connectivity index (χ4v) is 2.95. The molecule has 0 unspecified atom stereocenters. The van der Waals surface area contributed by atoms with Gasteiger partial charge in [-0.15, -0.1) is 6.58 Å². The van der Waals surface area contributed by atoms with E-state index in [2.05, 4.69) is 67.2 Å². The van der Waals surface area contributed by atoms with Gasteiger partial charge in [-0.2, -0.15) is 0 Å². The summed E-state index contributed by atoms with van der Waals surface area (Å²) in [5, 5.41) is 0. The van der Waals surface area contributed by atoms with Gasteiger partial charge in [0, 0.05) is 5.56 Å². The molecule has 24 heavy (non-hydrogen) atoms. The largest absolute Gasteiger partial charge is 0.494 e. The number of rotatable bonds is 6. The molecule has 0 radical (unpaired) electrons. The molecule has 0 aromatic heterocycles. The van der Waals surface area contributed by atoms with Crippen LogP contribution in [0.5, 0.6) is 5.75 Å². The summed E-state index contributed by atoms with van der Waals surface area (Å²) >= 11 is 0. The van der Waals surface area contributed by atoms with Crippen LogP contribution in [0, 0.1) is 0 Å². The van der Waals surface area contributed by atoms with Crippen LogP contribution in [0.1, 0.15) is 12.5 Å². The summed E-state index contributed by atoms with van der Waals surface area (Å²) in [6.45, 7) is 6.57. The fourth-order valence-electron chi connectivity index (χ4n) is 2.95. The monoisotopic (exact) mass is 314 g/mol. The van der Waals surface area contributed by atoms with Gasteiger partial charge in [0.2, 0.25) is 0 Å². The molecule has 0 aliphatic heterocycles. The van der Waals surface area contributed by atoms with Gasteiger partial charge in [0.05, 0.1) is 6.61 Å². The molecule has 0 spiro atoms. The van der Waals surface area contributed by atoms with Crippen molar-refractivity contribution >= 4 is 0 Å². The van der Waals surface area contributed by atoms with Gasteiger partial charge < -0.3 is 4.74 Å². The van der Waals surface area contributed by atoms with E-state index in [-0.39, 0.29) is 0 Å². The normalized spacial score (nSPS) is 10.4. The van der Waals surface area contributed by atoms with Crippen molar-refractivity contribution in [2.45, 2.75) is 13.3 Å². The minimum absolute atomic E-state index is 0.667. The second-order valence-corrected chi connectivity index (χ2v) is 5.65. The van der Waals surface area contributed by atoms with Gasteiger partial charge in [0.1, 0.15) is 5.75 Å². The van der Waals surface area contributed by atoms with Gasteiger partial charge in [0.25, 0.3) is 0 Å². The Balaban J connectivity index is 2.00. The average molecular weight is 314 g/mol. The molecule has 0 N–H and O–H groups in total. The molecule has 0 bridgehead atoms. The Kier molecular flexibility index (Phi) is 5.12. The number of benzene rings is 3. The molecule has 0 saturated heterocycles. The molecule has 0 atom stereocenters. The fraction of sp³-hybridized carbons (Fsp3) is 0.130. The van der Waals surface area contributed by atoms with Crippen molar-refractivity contribution < 1.29 is 4.74 Å². The maximum atomic E-state index is 5.80. The summed E-state index contributed by atoms with van der Waals surface area (Å²) in [5.74, 6) is 0.946. The summed E-state index contributed by atoms with van der Waals surface area (Å²) in [7, 11) is 0. The third-order valence-corrected chi connectivity index (χ3v) is 4.08. The summed E-state index contributed by atoms with van der Waals surface area (Å²) < 4.78 is 5.80. The Labute approximate surface area is 144 Å². The molecule has 120 valence electrons. The lowest BCUT2D eigenvalue weighted by Gasteiger charge is -2.14. The zero-order valence-electron chi connectivity index (χ0n) is 14.0. The predicted octanol–water partition coefficient (Wildman–Crippen LogP) is 6.15. The van der Waals surface area contributed by atoms with Gasteiger partial charge in [-0.1, -0.05) is 72.8 Å². The molecule has 3 aromatic carbocycles. The van der Waals surface area contributed by atoms with E-state index < -0.39 is 0 Å². The van der Waals surface area contributed by atoms with Gasteiger partial charge in [-0.05, 0) is 41.7 Å². The van der Waals surface area contributed by atoms with Crippen LogP contribution in [0.25, 0.3) is 22.3 Å². The van der Waals surface area contributed by atoms with Crippen LogP contribution in [0.3, 0.4) is 0 Å². The molecule has 0 saturated carbocycles.